The molecule has 0 spiro atoms. The summed E-state index contributed by atoms with van der Waals surface area (Å²) in [5, 5.41) is 18.0. The zero-order valence-electron chi connectivity index (χ0n) is 36.7. The van der Waals surface area contributed by atoms with Crippen molar-refractivity contribution in [3.8, 4) is 12.1 Å². The molecule has 4 aromatic carbocycles. The summed E-state index contributed by atoms with van der Waals surface area (Å²) in [4.78, 5) is 0. The SMILES string of the molecule is C[S+](C)CC(=C(C#N)C#N)C1CCCCC1.FC(F)(F)c1cc([B-](c2cc(C(F)(F)F)cc(C(F)(F)F)c2)(c2cc(C(F)(F)F)cc(C(F)(F)F)c2)c2cc(C(F)(F)F)cc(C(F)(F)F)c2)cc(C(F)(F)F)c1. The van der Waals surface area contributed by atoms with Gasteiger partial charge in [0.05, 0.1) is 57.0 Å². The minimum absolute atomic E-state index is 0.269. The predicted molar refractivity (Wildman–Crippen MR) is 219 cm³/mol. The van der Waals surface area contributed by atoms with Crippen molar-refractivity contribution in [3.63, 3.8) is 0 Å². The van der Waals surface area contributed by atoms with Crippen LogP contribution in [0.2, 0.25) is 0 Å². The molecule has 0 N–H and O–H groups in total. The van der Waals surface area contributed by atoms with Crippen LogP contribution in [0.25, 0.3) is 0 Å². The van der Waals surface area contributed by atoms with Crippen molar-refractivity contribution in [2.75, 3.05) is 18.3 Å². The van der Waals surface area contributed by atoms with E-state index in [4.69, 9.17) is 10.5 Å². The van der Waals surface area contributed by atoms with Gasteiger partial charge in [-0.25, -0.2) is 0 Å². The summed E-state index contributed by atoms with van der Waals surface area (Å²) in [5.41, 5.74) is -28.7. The highest BCUT2D eigenvalue weighted by atomic mass is 32.2. The fraction of sp³-hybridized carbons (Fsp3) is 0.378. The third kappa shape index (κ3) is 14.3. The van der Waals surface area contributed by atoms with Crippen LogP contribution in [-0.4, -0.2) is 24.4 Å². The summed E-state index contributed by atoms with van der Waals surface area (Å²) in [7, 11) is 0.269. The topological polar surface area (TPSA) is 47.6 Å². The lowest BCUT2D eigenvalue weighted by Gasteiger charge is -2.46. The molecule has 398 valence electrons. The first-order valence-electron chi connectivity index (χ1n) is 20.4. The van der Waals surface area contributed by atoms with Gasteiger partial charge in [-0.3, -0.25) is 0 Å². The van der Waals surface area contributed by atoms with Gasteiger partial charge < -0.3 is 0 Å². The average Bonchev–Trinajstić information content (AvgIpc) is 3.24. The van der Waals surface area contributed by atoms with Crippen LogP contribution in [-0.2, 0) is 60.3 Å². The number of halogens is 24. The average molecular weight is 1100 g/mol. The Morgan fingerprint density at radius 2 is 0.603 bits per heavy atom. The van der Waals surface area contributed by atoms with Crippen LogP contribution in [0.15, 0.2) is 83.9 Å². The van der Waals surface area contributed by atoms with Gasteiger partial charge in [-0.15, -0.1) is 0 Å². The van der Waals surface area contributed by atoms with Crippen LogP contribution < -0.4 is 21.9 Å². The maximum atomic E-state index is 14.2. The Morgan fingerprint density at radius 3 is 0.767 bits per heavy atom. The smallest absolute Gasteiger partial charge is 0.194 e. The zero-order chi connectivity index (χ0) is 55.9. The predicted octanol–water partition coefficient (Wildman–Crippen LogP) is 14.0. The van der Waals surface area contributed by atoms with E-state index in [1.165, 1.54) is 32.1 Å². The molecule has 0 amide bonds. The zero-order valence-corrected chi connectivity index (χ0v) is 37.5. The first-order valence-corrected chi connectivity index (χ1v) is 22.6. The Morgan fingerprint density at radius 1 is 0.397 bits per heavy atom. The fourth-order valence-corrected chi connectivity index (χ4v) is 9.40. The molecule has 2 nitrogen and oxygen atoms in total. The van der Waals surface area contributed by atoms with E-state index in [9.17, 15) is 105 Å². The number of rotatable bonds is 7. The molecule has 0 atom stereocenters. The number of hydrogen-bond acceptors (Lipinski definition) is 2. The highest BCUT2D eigenvalue weighted by molar-refractivity contribution is 7.95. The Hall–Kier alpha value is -5.67. The molecule has 0 radical (unpaired) electrons. The molecule has 1 aliphatic rings. The minimum Gasteiger partial charge on any atom is -0.194 e. The van der Waals surface area contributed by atoms with Crippen molar-refractivity contribution in [2.24, 2.45) is 5.92 Å². The molecule has 0 bridgehead atoms. The molecule has 5 rings (SSSR count). The lowest BCUT2D eigenvalue weighted by atomic mass is 9.12. The summed E-state index contributed by atoms with van der Waals surface area (Å²) in [6, 6.07) is -4.66. The van der Waals surface area contributed by atoms with Gasteiger partial charge in [0.15, 0.2) is 0 Å². The standard InChI is InChI=1S/C32H12BF24.C13H19N2S/c34-25(35,36)13-1-14(26(37,38)39)6-21(5-13)33(22-7-15(27(40,41)42)2-16(8-22)28(43,44)45,23-9-17(29(46,47)48)3-18(10-23)30(49,50)51)24-11-19(31(52,53)54)4-20(12-24)32(55,56)57;1-16(2)10-13(12(8-14)9-15)11-6-4-3-5-7-11/h1-12H;11H,3-7,10H2,1-2H3/q-1;+1. The molecule has 1 fully saturated rings. The molecular formula is C45H31BF24N2S. The second-order valence-corrected chi connectivity index (χ2v) is 19.1. The summed E-state index contributed by atoms with van der Waals surface area (Å²) < 4.78 is 341. The number of hydrogen-bond donors (Lipinski definition) is 0. The van der Waals surface area contributed by atoms with Crippen molar-refractivity contribution in [3.05, 3.63) is 128 Å². The van der Waals surface area contributed by atoms with Gasteiger partial charge in [0, 0.05) is 5.57 Å². The van der Waals surface area contributed by atoms with Gasteiger partial charge in [0.2, 0.25) is 0 Å². The molecule has 28 heteroatoms. The third-order valence-corrected chi connectivity index (χ3v) is 12.4. The lowest BCUT2D eigenvalue weighted by molar-refractivity contribution is -0.144. The van der Waals surface area contributed by atoms with Gasteiger partial charge in [-0.1, -0.05) is 67.8 Å². The first kappa shape index (κ1) is 59.9. The maximum Gasteiger partial charge on any atom is 0.416 e. The molecule has 73 heavy (non-hydrogen) atoms. The van der Waals surface area contributed by atoms with Crippen LogP contribution in [0.5, 0.6) is 0 Å². The van der Waals surface area contributed by atoms with Crippen molar-refractivity contribution in [2.45, 2.75) is 81.5 Å². The highest BCUT2D eigenvalue weighted by Gasteiger charge is 2.47. The number of nitrogens with zero attached hydrogens (tertiary/aromatic N) is 2. The number of nitriles is 2. The van der Waals surface area contributed by atoms with E-state index in [2.05, 4.69) is 24.6 Å². The van der Waals surface area contributed by atoms with E-state index in [0.29, 0.717) is 11.5 Å². The summed E-state index contributed by atoms with van der Waals surface area (Å²) in [6.07, 6.45) is -44.3. The summed E-state index contributed by atoms with van der Waals surface area (Å²) in [5.74, 6) is 1.43. The van der Waals surface area contributed by atoms with Gasteiger partial charge in [-0.05, 0) is 53.9 Å². The van der Waals surface area contributed by atoms with E-state index >= 15 is 0 Å². The molecule has 1 aliphatic carbocycles. The van der Waals surface area contributed by atoms with E-state index in [-0.39, 0.29) is 10.9 Å². The van der Waals surface area contributed by atoms with Gasteiger partial charge >= 0.3 is 49.4 Å². The van der Waals surface area contributed by atoms with Crippen molar-refractivity contribution in [1.29, 1.82) is 10.5 Å². The van der Waals surface area contributed by atoms with E-state index in [1.807, 2.05) is 0 Å². The van der Waals surface area contributed by atoms with Crippen LogP contribution in [0.3, 0.4) is 0 Å². The molecule has 0 aliphatic heterocycles. The maximum absolute atomic E-state index is 14.2. The van der Waals surface area contributed by atoms with Crippen molar-refractivity contribution < 1.29 is 105 Å². The molecule has 1 saturated carbocycles. The lowest BCUT2D eigenvalue weighted by Crippen LogP contribution is -2.75. The van der Waals surface area contributed by atoms with Crippen molar-refractivity contribution >= 4 is 38.9 Å². The third-order valence-electron chi connectivity index (χ3n) is 11.5. The van der Waals surface area contributed by atoms with E-state index in [0.717, 1.165) is 11.3 Å². The Labute approximate surface area is 400 Å². The number of allylic oxidation sites excluding steroid dienone is 1. The van der Waals surface area contributed by atoms with Gasteiger partial charge in [0.25, 0.3) is 0 Å². The van der Waals surface area contributed by atoms with Gasteiger partial charge in [0.1, 0.15) is 29.6 Å². The fourth-order valence-electron chi connectivity index (χ4n) is 8.40. The quantitative estimate of drug-likeness (QED) is 0.0801. The number of benzene rings is 4. The molecule has 0 heterocycles. The summed E-state index contributed by atoms with van der Waals surface area (Å²) >= 11 is 0. The largest absolute Gasteiger partial charge is 0.416 e. The molecule has 0 aromatic heterocycles. The highest BCUT2D eigenvalue weighted by Crippen LogP contribution is 2.42. The Balaban J connectivity index is 0.000000613. The Kier molecular flexibility index (Phi) is 17.2. The number of alkyl halides is 24. The minimum atomic E-state index is -6.13. The molecule has 0 saturated heterocycles. The molecular weight excluding hydrogens is 1070 g/mol. The first-order chi connectivity index (χ1) is 32.9. The van der Waals surface area contributed by atoms with E-state index < -0.39 is 195 Å². The molecule has 0 unspecified atom stereocenters. The normalized spacial score (nSPS) is 14.8. The second kappa shape index (κ2) is 20.9. The Bertz CT molecular complexity index is 2300. The summed E-state index contributed by atoms with van der Waals surface area (Å²) in [6.45, 7) is 0. The van der Waals surface area contributed by atoms with Crippen molar-refractivity contribution in [1.82, 2.24) is 0 Å². The van der Waals surface area contributed by atoms with E-state index in [1.54, 1.807) is 0 Å². The van der Waals surface area contributed by atoms with Crippen LogP contribution in [0, 0.1) is 28.6 Å². The molecule has 4 aromatic rings. The van der Waals surface area contributed by atoms with Crippen LogP contribution in [0.4, 0.5) is 105 Å². The monoisotopic (exact) mass is 1100 g/mol. The van der Waals surface area contributed by atoms with Crippen LogP contribution >= 0.6 is 0 Å². The van der Waals surface area contributed by atoms with Crippen LogP contribution in [0.1, 0.15) is 76.6 Å². The second-order valence-electron chi connectivity index (χ2n) is 16.8. The van der Waals surface area contributed by atoms with Gasteiger partial charge in [-0.2, -0.15) is 138 Å².